The van der Waals surface area contributed by atoms with Crippen molar-refractivity contribution in [1.82, 2.24) is 30.6 Å². The van der Waals surface area contributed by atoms with E-state index in [0.29, 0.717) is 12.2 Å². The average molecular weight is 337 g/mol. The number of piperidine rings is 1. The fraction of sp³-hybridized carbons (Fsp3) is 0.353. The molecule has 128 valence electrons. The number of carbonyl (C=O) groups is 1. The predicted molar refractivity (Wildman–Crippen MR) is 91.8 cm³/mol. The van der Waals surface area contributed by atoms with Crippen molar-refractivity contribution in [3.63, 3.8) is 0 Å². The second-order valence-electron chi connectivity index (χ2n) is 6.18. The highest BCUT2D eigenvalue weighted by Gasteiger charge is 2.25. The summed E-state index contributed by atoms with van der Waals surface area (Å²) in [5.41, 5.74) is 1.74. The van der Waals surface area contributed by atoms with E-state index in [1.165, 1.54) is 4.63 Å². The number of tetrazole rings is 1. The van der Waals surface area contributed by atoms with E-state index in [4.69, 9.17) is 0 Å². The topological polar surface area (TPSA) is 88.3 Å². The number of nitrogens with one attached hydrogen (secondary N) is 1. The summed E-state index contributed by atoms with van der Waals surface area (Å²) in [7, 11) is 0. The summed E-state index contributed by atoms with van der Waals surface area (Å²) in [6.45, 7) is 2.17. The van der Waals surface area contributed by atoms with Crippen molar-refractivity contribution < 1.29 is 4.79 Å². The zero-order valence-electron chi connectivity index (χ0n) is 13.7. The second kappa shape index (κ2) is 6.84. The van der Waals surface area contributed by atoms with Gasteiger partial charge in [-0.15, -0.1) is 14.8 Å². The summed E-state index contributed by atoms with van der Waals surface area (Å²) < 4.78 is 1.42. The fourth-order valence-corrected chi connectivity index (χ4v) is 3.11. The Morgan fingerprint density at radius 3 is 2.72 bits per heavy atom. The van der Waals surface area contributed by atoms with Crippen molar-refractivity contribution in [2.75, 3.05) is 18.0 Å². The Labute approximate surface area is 144 Å². The lowest BCUT2D eigenvalue weighted by molar-refractivity contribution is -0.125. The molecule has 1 aromatic carbocycles. The van der Waals surface area contributed by atoms with E-state index in [1.54, 1.807) is 0 Å². The number of nitrogens with zero attached hydrogens (tertiary/aromatic N) is 6. The number of fused-ring (bicyclic) bond motifs is 1. The first-order valence-electron chi connectivity index (χ1n) is 8.41. The summed E-state index contributed by atoms with van der Waals surface area (Å²) in [5.74, 6) is 1.02. The van der Waals surface area contributed by atoms with Crippen molar-refractivity contribution >= 4 is 17.4 Å². The third-order valence-electron chi connectivity index (χ3n) is 4.55. The van der Waals surface area contributed by atoms with Crippen LogP contribution >= 0.6 is 0 Å². The Morgan fingerprint density at radius 1 is 1.12 bits per heavy atom. The van der Waals surface area contributed by atoms with Crippen LogP contribution in [0.1, 0.15) is 18.4 Å². The highest BCUT2D eigenvalue weighted by Crippen LogP contribution is 2.22. The van der Waals surface area contributed by atoms with Gasteiger partial charge < -0.3 is 10.2 Å². The van der Waals surface area contributed by atoms with Gasteiger partial charge >= 0.3 is 0 Å². The molecule has 1 aliphatic heterocycles. The molecule has 0 atom stereocenters. The highest BCUT2D eigenvalue weighted by molar-refractivity contribution is 5.79. The number of anilines is 1. The van der Waals surface area contributed by atoms with Gasteiger partial charge in [-0.05, 0) is 41.0 Å². The third-order valence-corrected chi connectivity index (χ3v) is 4.55. The van der Waals surface area contributed by atoms with Crippen molar-refractivity contribution in [2.24, 2.45) is 5.92 Å². The number of carbonyl (C=O) groups excluding carboxylic acids is 1. The van der Waals surface area contributed by atoms with E-state index in [-0.39, 0.29) is 11.8 Å². The van der Waals surface area contributed by atoms with Crippen LogP contribution < -0.4 is 10.2 Å². The van der Waals surface area contributed by atoms with Crippen LogP contribution in [0.5, 0.6) is 0 Å². The maximum absolute atomic E-state index is 12.4. The zero-order valence-corrected chi connectivity index (χ0v) is 13.7. The van der Waals surface area contributed by atoms with Crippen LogP contribution in [-0.2, 0) is 11.3 Å². The Bertz CT molecular complexity index is 856. The highest BCUT2D eigenvalue weighted by atomic mass is 16.1. The molecule has 1 saturated heterocycles. The van der Waals surface area contributed by atoms with Crippen LogP contribution in [0.15, 0.2) is 42.5 Å². The van der Waals surface area contributed by atoms with E-state index in [0.717, 1.165) is 37.3 Å². The number of benzene rings is 1. The van der Waals surface area contributed by atoms with Gasteiger partial charge in [0.05, 0.1) is 0 Å². The normalized spacial score (nSPS) is 15.4. The summed E-state index contributed by atoms with van der Waals surface area (Å²) in [5, 5.41) is 18.7. The molecule has 0 radical (unpaired) electrons. The lowest BCUT2D eigenvalue weighted by Crippen LogP contribution is -2.40. The van der Waals surface area contributed by atoms with E-state index >= 15 is 0 Å². The van der Waals surface area contributed by atoms with E-state index < -0.39 is 0 Å². The number of hydrogen-bond donors (Lipinski definition) is 1. The minimum atomic E-state index is 0.0525. The Balaban J connectivity index is 1.32. The number of aromatic nitrogens is 5. The first kappa shape index (κ1) is 15.5. The Kier molecular flexibility index (Phi) is 4.24. The number of amides is 1. The fourth-order valence-electron chi connectivity index (χ4n) is 3.11. The molecule has 1 aliphatic rings. The smallest absolute Gasteiger partial charge is 0.223 e. The van der Waals surface area contributed by atoms with Gasteiger partial charge in [0.1, 0.15) is 0 Å². The maximum Gasteiger partial charge on any atom is 0.223 e. The van der Waals surface area contributed by atoms with Crippen molar-refractivity contribution in [3.8, 4) is 0 Å². The Morgan fingerprint density at radius 2 is 1.92 bits per heavy atom. The average Bonchev–Trinajstić information content (AvgIpc) is 3.15. The summed E-state index contributed by atoms with van der Waals surface area (Å²) in [4.78, 5) is 14.5. The molecule has 8 nitrogen and oxygen atoms in total. The van der Waals surface area contributed by atoms with Crippen LogP contribution in [0.3, 0.4) is 0 Å². The van der Waals surface area contributed by atoms with Crippen LogP contribution in [0, 0.1) is 5.92 Å². The minimum absolute atomic E-state index is 0.0525. The second-order valence-corrected chi connectivity index (χ2v) is 6.18. The molecule has 3 aromatic rings. The van der Waals surface area contributed by atoms with Crippen LogP contribution in [0.4, 0.5) is 5.82 Å². The van der Waals surface area contributed by atoms with Crippen LogP contribution in [0.2, 0.25) is 0 Å². The van der Waals surface area contributed by atoms with Gasteiger partial charge in [-0.1, -0.05) is 30.3 Å². The maximum atomic E-state index is 12.4. The van der Waals surface area contributed by atoms with Gasteiger partial charge in [-0.2, -0.15) is 0 Å². The van der Waals surface area contributed by atoms with E-state index in [2.05, 4.69) is 30.8 Å². The molecule has 4 rings (SSSR count). The molecule has 25 heavy (non-hydrogen) atoms. The Hall–Kier alpha value is -3.03. The first-order chi connectivity index (χ1) is 12.3. The molecule has 3 heterocycles. The molecule has 0 unspecified atom stereocenters. The predicted octanol–water partition coefficient (Wildman–Crippen LogP) is 1.05. The van der Waals surface area contributed by atoms with Gasteiger partial charge in [0.15, 0.2) is 11.5 Å². The SMILES string of the molecule is O=C(NCc1ccccc1)C1CCN(c2ccc3nnnn3n2)CC1. The molecule has 0 bridgehead atoms. The van der Waals surface area contributed by atoms with E-state index in [9.17, 15) is 4.79 Å². The van der Waals surface area contributed by atoms with Gasteiger partial charge in [-0.3, -0.25) is 4.79 Å². The zero-order chi connectivity index (χ0) is 17.1. The minimum Gasteiger partial charge on any atom is -0.355 e. The monoisotopic (exact) mass is 337 g/mol. The summed E-state index contributed by atoms with van der Waals surface area (Å²) in [6, 6.07) is 13.7. The lowest BCUT2D eigenvalue weighted by Gasteiger charge is -2.31. The molecule has 1 N–H and O–H groups in total. The number of hydrogen-bond acceptors (Lipinski definition) is 6. The van der Waals surface area contributed by atoms with Crippen molar-refractivity contribution in [2.45, 2.75) is 19.4 Å². The van der Waals surface area contributed by atoms with Gasteiger partial charge in [0.25, 0.3) is 0 Å². The number of rotatable bonds is 4. The van der Waals surface area contributed by atoms with Gasteiger partial charge in [0, 0.05) is 25.6 Å². The molecule has 0 saturated carbocycles. The molecule has 8 heteroatoms. The van der Waals surface area contributed by atoms with Crippen LogP contribution in [0.25, 0.3) is 5.65 Å². The molecular formula is C17H19N7O. The standard InChI is InChI=1S/C17H19N7O/c25-17(18-12-13-4-2-1-3-5-13)14-8-10-23(11-9-14)16-7-6-15-19-21-22-24(15)20-16/h1-7,14H,8-12H2,(H,18,25). The third kappa shape index (κ3) is 3.42. The molecule has 1 amide bonds. The molecular weight excluding hydrogens is 318 g/mol. The summed E-state index contributed by atoms with van der Waals surface area (Å²) in [6.07, 6.45) is 1.63. The molecule has 0 spiro atoms. The summed E-state index contributed by atoms with van der Waals surface area (Å²) >= 11 is 0. The quantitative estimate of drug-likeness (QED) is 0.766. The molecule has 0 aliphatic carbocycles. The van der Waals surface area contributed by atoms with Crippen molar-refractivity contribution in [3.05, 3.63) is 48.0 Å². The molecule has 2 aromatic heterocycles. The molecule has 1 fully saturated rings. The van der Waals surface area contributed by atoms with Gasteiger partial charge in [0.2, 0.25) is 5.91 Å². The van der Waals surface area contributed by atoms with E-state index in [1.807, 2.05) is 42.5 Å². The lowest BCUT2D eigenvalue weighted by atomic mass is 9.96. The largest absolute Gasteiger partial charge is 0.355 e. The first-order valence-corrected chi connectivity index (χ1v) is 8.41. The van der Waals surface area contributed by atoms with Crippen molar-refractivity contribution in [1.29, 1.82) is 0 Å². The van der Waals surface area contributed by atoms with Gasteiger partial charge in [-0.25, -0.2) is 0 Å². The van der Waals surface area contributed by atoms with Crippen LogP contribution in [-0.4, -0.2) is 44.3 Å².